The van der Waals surface area contributed by atoms with E-state index < -0.39 is 22.0 Å². The predicted octanol–water partition coefficient (Wildman–Crippen LogP) is 1.85. The third kappa shape index (κ3) is 4.09. The van der Waals surface area contributed by atoms with Crippen LogP contribution in [0.25, 0.3) is 0 Å². The van der Waals surface area contributed by atoms with Crippen molar-refractivity contribution >= 4 is 27.5 Å². The van der Waals surface area contributed by atoms with Gasteiger partial charge in [0.25, 0.3) is 15.9 Å². The van der Waals surface area contributed by atoms with Crippen molar-refractivity contribution in [2.75, 3.05) is 12.4 Å². The largest absolute Gasteiger partial charge is 0.496 e. The van der Waals surface area contributed by atoms with Crippen molar-refractivity contribution in [2.24, 2.45) is 0 Å². The van der Waals surface area contributed by atoms with Crippen LogP contribution in [0.4, 0.5) is 5.69 Å². The van der Waals surface area contributed by atoms with Crippen molar-refractivity contribution in [3.63, 3.8) is 0 Å². The number of nitrogens with one attached hydrogen (secondary N) is 2. The first kappa shape index (κ1) is 19.7. The highest BCUT2D eigenvalue weighted by molar-refractivity contribution is 7.90. The number of carbonyl (C=O) groups is 2. The molecule has 2 N–H and O–H groups in total. The number of anilines is 1. The van der Waals surface area contributed by atoms with Gasteiger partial charge in [0.05, 0.1) is 24.1 Å². The molecule has 0 bridgehead atoms. The number of para-hydroxylation sites is 1. The molecule has 1 heterocycles. The molecule has 1 aliphatic heterocycles. The zero-order valence-electron chi connectivity index (χ0n) is 15.4. The summed E-state index contributed by atoms with van der Waals surface area (Å²) in [6, 6.07) is 10.9. The van der Waals surface area contributed by atoms with E-state index in [-0.39, 0.29) is 22.9 Å². The van der Waals surface area contributed by atoms with Gasteiger partial charge in [-0.25, -0.2) is 13.1 Å². The van der Waals surface area contributed by atoms with Crippen molar-refractivity contribution < 1.29 is 27.5 Å². The van der Waals surface area contributed by atoms with Gasteiger partial charge < -0.3 is 14.8 Å². The zero-order valence-corrected chi connectivity index (χ0v) is 16.2. The number of methoxy groups -OCH3 is 1. The van der Waals surface area contributed by atoms with Crippen LogP contribution >= 0.6 is 0 Å². The van der Waals surface area contributed by atoms with Crippen molar-refractivity contribution in [3.05, 3.63) is 48.0 Å². The summed E-state index contributed by atoms with van der Waals surface area (Å²) in [5.74, 6) is -0.168. The van der Waals surface area contributed by atoms with Crippen LogP contribution in [0.15, 0.2) is 47.4 Å². The fourth-order valence-electron chi connectivity index (χ4n) is 2.83. The number of ether oxygens (including phenoxy) is 2. The number of carbonyl (C=O) groups excluding carboxylic acids is 2. The van der Waals surface area contributed by atoms with Crippen molar-refractivity contribution in [3.8, 4) is 11.5 Å². The molecule has 28 heavy (non-hydrogen) atoms. The van der Waals surface area contributed by atoms with Crippen LogP contribution in [-0.2, 0) is 26.0 Å². The normalized spacial score (nSPS) is 15.8. The van der Waals surface area contributed by atoms with E-state index in [9.17, 15) is 18.0 Å². The highest BCUT2D eigenvalue weighted by atomic mass is 32.2. The summed E-state index contributed by atoms with van der Waals surface area (Å²) in [4.78, 5) is 24.0. The van der Waals surface area contributed by atoms with Crippen molar-refractivity contribution in [1.82, 2.24) is 4.72 Å². The number of amides is 2. The first-order valence-corrected chi connectivity index (χ1v) is 10.1. The lowest BCUT2D eigenvalue weighted by Crippen LogP contribution is -2.36. The fourth-order valence-corrected chi connectivity index (χ4v) is 3.84. The summed E-state index contributed by atoms with van der Waals surface area (Å²) in [5.41, 5.74) is 0.809. The lowest BCUT2D eigenvalue weighted by atomic mass is 10.1. The van der Waals surface area contributed by atoms with Gasteiger partial charge in [0, 0.05) is 5.56 Å². The molecule has 1 atom stereocenters. The molecule has 0 aromatic heterocycles. The standard InChI is InChI=1S/C19H20N2O6S/c1-3-15-19(23)20-14-11-13(8-9-17(14)27-15)28(24,25)21-18(22)10-12-6-4-5-7-16(12)26-2/h4-9,11,15H,3,10H2,1-2H3,(H,20,23)(H,21,22)/t15-/m0/s1. The van der Waals surface area contributed by atoms with E-state index in [1.807, 2.05) is 11.6 Å². The zero-order chi connectivity index (χ0) is 20.3. The van der Waals surface area contributed by atoms with Crippen LogP contribution in [0, 0.1) is 0 Å². The molecule has 148 valence electrons. The van der Waals surface area contributed by atoms with Crippen LogP contribution in [0.5, 0.6) is 11.5 Å². The predicted molar refractivity (Wildman–Crippen MR) is 102 cm³/mol. The van der Waals surface area contributed by atoms with E-state index in [1.165, 1.54) is 25.3 Å². The summed E-state index contributed by atoms with van der Waals surface area (Å²) >= 11 is 0. The molecule has 0 spiro atoms. The van der Waals surface area contributed by atoms with E-state index in [0.717, 1.165) is 0 Å². The molecule has 0 saturated heterocycles. The molecule has 2 amide bonds. The van der Waals surface area contributed by atoms with Gasteiger partial charge in [-0.1, -0.05) is 25.1 Å². The van der Waals surface area contributed by atoms with Crippen LogP contribution in [0.2, 0.25) is 0 Å². The molecular weight excluding hydrogens is 384 g/mol. The number of hydrogen-bond donors (Lipinski definition) is 2. The Morgan fingerprint density at radius 1 is 1.25 bits per heavy atom. The third-order valence-corrected chi connectivity index (χ3v) is 5.61. The minimum absolute atomic E-state index is 0.154. The van der Waals surface area contributed by atoms with Crippen molar-refractivity contribution in [1.29, 1.82) is 0 Å². The highest BCUT2D eigenvalue weighted by Crippen LogP contribution is 2.32. The Kier molecular flexibility index (Phi) is 5.55. The highest BCUT2D eigenvalue weighted by Gasteiger charge is 2.28. The van der Waals surface area contributed by atoms with E-state index >= 15 is 0 Å². The van der Waals surface area contributed by atoms with E-state index in [4.69, 9.17) is 9.47 Å². The Bertz CT molecular complexity index is 1020. The fraction of sp³-hybridized carbons (Fsp3) is 0.263. The maximum Gasteiger partial charge on any atom is 0.265 e. The number of benzene rings is 2. The van der Waals surface area contributed by atoms with Gasteiger partial charge >= 0.3 is 0 Å². The number of hydrogen-bond acceptors (Lipinski definition) is 6. The molecule has 2 aromatic carbocycles. The molecule has 8 nitrogen and oxygen atoms in total. The summed E-state index contributed by atoms with van der Waals surface area (Å²) in [5, 5.41) is 2.62. The smallest absolute Gasteiger partial charge is 0.265 e. The summed E-state index contributed by atoms with van der Waals surface area (Å²) in [6.45, 7) is 1.81. The van der Waals surface area contributed by atoms with E-state index in [1.54, 1.807) is 24.3 Å². The first-order valence-electron chi connectivity index (χ1n) is 8.63. The van der Waals surface area contributed by atoms with Crippen LogP contribution in [0.3, 0.4) is 0 Å². The monoisotopic (exact) mass is 404 g/mol. The van der Waals surface area contributed by atoms with Crippen molar-refractivity contribution in [2.45, 2.75) is 30.8 Å². The number of rotatable bonds is 6. The molecule has 0 unspecified atom stereocenters. The minimum atomic E-state index is -4.12. The summed E-state index contributed by atoms with van der Waals surface area (Å²) in [6.07, 6.45) is -0.285. The summed E-state index contributed by atoms with van der Waals surface area (Å²) < 4.78 is 37.9. The lowest BCUT2D eigenvalue weighted by Gasteiger charge is -2.25. The molecule has 0 fully saturated rings. The number of sulfonamides is 1. The molecule has 0 saturated carbocycles. The first-order chi connectivity index (χ1) is 13.3. The molecule has 1 aliphatic rings. The Labute approximate surface area is 162 Å². The second kappa shape index (κ2) is 7.89. The van der Waals surface area contributed by atoms with Crippen LogP contribution in [-0.4, -0.2) is 33.4 Å². The minimum Gasteiger partial charge on any atom is -0.496 e. The molecule has 0 aliphatic carbocycles. The van der Waals surface area contributed by atoms with E-state index in [0.29, 0.717) is 23.5 Å². The molecule has 0 radical (unpaired) electrons. The molecule has 3 rings (SSSR count). The molecule has 2 aromatic rings. The second-order valence-corrected chi connectivity index (χ2v) is 7.86. The van der Waals surface area contributed by atoms with Crippen LogP contribution < -0.4 is 19.5 Å². The van der Waals surface area contributed by atoms with Gasteiger partial charge in [-0.2, -0.15) is 0 Å². The SMILES string of the molecule is CC[C@@H]1Oc2ccc(S(=O)(=O)NC(=O)Cc3ccccc3OC)cc2NC1=O. The Morgan fingerprint density at radius 2 is 2.00 bits per heavy atom. The lowest BCUT2D eigenvalue weighted by molar-refractivity contribution is -0.123. The quantitative estimate of drug-likeness (QED) is 0.760. The van der Waals surface area contributed by atoms with Gasteiger partial charge in [-0.15, -0.1) is 0 Å². The maximum absolute atomic E-state index is 12.6. The van der Waals surface area contributed by atoms with Crippen LogP contribution in [0.1, 0.15) is 18.9 Å². The topological polar surface area (TPSA) is 111 Å². The average Bonchev–Trinajstić information content (AvgIpc) is 2.66. The summed E-state index contributed by atoms with van der Waals surface area (Å²) in [7, 11) is -2.64. The van der Waals surface area contributed by atoms with Gasteiger partial charge in [0.15, 0.2) is 6.10 Å². The molecular formula is C19H20N2O6S. The number of fused-ring (bicyclic) bond motifs is 1. The molecule has 9 heteroatoms. The van der Waals surface area contributed by atoms with Gasteiger partial charge in [-0.3, -0.25) is 9.59 Å². The third-order valence-electron chi connectivity index (χ3n) is 4.24. The van der Waals surface area contributed by atoms with Gasteiger partial charge in [-0.05, 0) is 30.7 Å². The van der Waals surface area contributed by atoms with Gasteiger partial charge in [0.1, 0.15) is 11.5 Å². The Morgan fingerprint density at radius 3 is 2.71 bits per heavy atom. The second-order valence-electron chi connectivity index (χ2n) is 6.18. The van der Waals surface area contributed by atoms with E-state index in [2.05, 4.69) is 5.32 Å². The Hall–Kier alpha value is -3.07. The Balaban J connectivity index is 1.77. The maximum atomic E-state index is 12.6. The average molecular weight is 404 g/mol. The van der Waals surface area contributed by atoms with Gasteiger partial charge in [0.2, 0.25) is 5.91 Å².